The van der Waals surface area contributed by atoms with Gasteiger partial charge in [0.05, 0.1) is 11.6 Å². The van der Waals surface area contributed by atoms with Gasteiger partial charge in [-0.25, -0.2) is 4.98 Å². The minimum absolute atomic E-state index is 0.209. The number of pyridine rings is 2. The van der Waals surface area contributed by atoms with Crippen LogP contribution in [0.2, 0.25) is 0 Å². The van der Waals surface area contributed by atoms with E-state index in [0.717, 1.165) is 36.1 Å². The molecule has 0 aliphatic carbocycles. The van der Waals surface area contributed by atoms with E-state index in [9.17, 15) is 5.11 Å². The van der Waals surface area contributed by atoms with Gasteiger partial charge in [0.15, 0.2) is 5.76 Å². The van der Waals surface area contributed by atoms with E-state index in [4.69, 9.17) is 14.7 Å². The van der Waals surface area contributed by atoms with E-state index in [1.807, 2.05) is 24.5 Å². The predicted molar refractivity (Wildman–Crippen MR) is 127 cm³/mol. The number of rotatable bonds is 8. The number of oxazole rings is 1. The van der Waals surface area contributed by atoms with Crippen LogP contribution in [0.1, 0.15) is 37.9 Å². The van der Waals surface area contributed by atoms with Crippen molar-refractivity contribution in [3.8, 4) is 6.07 Å². The molecule has 0 aromatic carbocycles. The molecule has 0 amide bonds. The van der Waals surface area contributed by atoms with Crippen LogP contribution in [0.5, 0.6) is 0 Å². The Labute approximate surface area is 196 Å². The molecule has 10 heteroatoms. The van der Waals surface area contributed by atoms with Crippen LogP contribution in [0.3, 0.4) is 0 Å². The Kier molecular flexibility index (Phi) is 6.35. The van der Waals surface area contributed by atoms with Crippen LogP contribution in [0, 0.1) is 11.3 Å². The molecule has 2 aliphatic rings. The summed E-state index contributed by atoms with van der Waals surface area (Å²) in [7, 11) is 0. The summed E-state index contributed by atoms with van der Waals surface area (Å²) in [6.07, 6.45) is 8.72. The quantitative estimate of drug-likeness (QED) is 0.422. The number of nitriles is 1. The normalized spacial score (nSPS) is 22.4. The number of aliphatic hydroxyl groups is 1. The molecule has 2 bridgehead atoms. The van der Waals surface area contributed by atoms with Crippen LogP contribution < -0.4 is 10.6 Å². The minimum Gasteiger partial charge on any atom is -0.425 e. The van der Waals surface area contributed by atoms with Crippen molar-refractivity contribution < 1.29 is 9.52 Å². The van der Waals surface area contributed by atoms with Gasteiger partial charge in [0, 0.05) is 48.7 Å². The number of fused-ring (bicyclic) bond motifs is 3. The molecule has 2 saturated heterocycles. The van der Waals surface area contributed by atoms with E-state index in [0.29, 0.717) is 47.2 Å². The lowest BCUT2D eigenvalue weighted by atomic mass is 9.97. The molecule has 5 heterocycles. The van der Waals surface area contributed by atoms with Crippen molar-refractivity contribution in [2.75, 3.05) is 23.4 Å². The van der Waals surface area contributed by atoms with Crippen molar-refractivity contribution in [2.24, 2.45) is 0 Å². The highest BCUT2D eigenvalue weighted by atomic mass is 32.2. The molecule has 3 aromatic rings. The number of piperidine rings is 1. The summed E-state index contributed by atoms with van der Waals surface area (Å²) in [5, 5.41) is 26.9. The van der Waals surface area contributed by atoms with E-state index in [1.165, 1.54) is 24.6 Å². The molecule has 2 fully saturated rings. The van der Waals surface area contributed by atoms with Crippen molar-refractivity contribution in [3.63, 3.8) is 0 Å². The van der Waals surface area contributed by atoms with Gasteiger partial charge in [-0.3, -0.25) is 15.2 Å². The Bertz CT molecular complexity index is 1140. The Hall–Kier alpha value is -2.87. The molecule has 0 saturated carbocycles. The fourth-order valence-electron chi connectivity index (χ4n) is 5.14. The number of aliphatic hydroxyl groups excluding tert-OH is 1. The highest BCUT2D eigenvalue weighted by molar-refractivity contribution is 7.98. The zero-order chi connectivity index (χ0) is 22.8. The smallest absolute Gasteiger partial charge is 0.301 e. The summed E-state index contributed by atoms with van der Waals surface area (Å²) in [5.41, 5.74) is 0.825. The van der Waals surface area contributed by atoms with E-state index < -0.39 is 0 Å². The first kappa shape index (κ1) is 21.9. The van der Waals surface area contributed by atoms with E-state index in [2.05, 4.69) is 31.6 Å². The van der Waals surface area contributed by atoms with Crippen molar-refractivity contribution in [1.82, 2.24) is 19.9 Å². The first-order valence-electron chi connectivity index (χ1n) is 11.2. The maximum Gasteiger partial charge on any atom is 0.301 e. The largest absolute Gasteiger partial charge is 0.425 e. The maximum atomic E-state index is 9.48. The average Bonchev–Trinajstić information content (AvgIpc) is 3.33. The van der Waals surface area contributed by atoms with Crippen molar-refractivity contribution >= 4 is 40.3 Å². The molecular weight excluding hydrogens is 438 g/mol. The van der Waals surface area contributed by atoms with Crippen LogP contribution >= 0.6 is 11.8 Å². The van der Waals surface area contributed by atoms with Crippen molar-refractivity contribution in [1.29, 1.82) is 5.26 Å². The van der Waals surface area contributed by atoms with Gasteiger partial charge in [0.2, 0.25) is 0 Å². The SMILES string of the molecule is CSc1nc(Nc2cc3ncccc3c(NC3CC4CCC(C3)N4CCC#N)n2)oc1CO. The number of aromatic nitrogens is 3. The van der Waals surface area contributed by atoms with Crippen molar-refractivity contribution in [3.05, 3.63) is 30.2 Å². The third kappa shape index (κ3) is 4.49. The highest BCUT2D eigenvalue weighted by Crippen LogP contribution is 2.37. The van der Waals surface area contributed by atoms with Gasteiger partial charge in [-0.05, 0) is 44.1 Å². The molecule has 0 radical (unpaired) electrons. The second-order valence-electron chi connectivity index (χ2n) is 8.50. The van der Waals surface area contributed by atoms with Gasteiger partial charge in [-0.15, -0.1) is 11.8 Å². The van der Waals surface area contributed by atoms with Crippen LogP contribution in [-0.4, -0.2) is 55.9 Å². The lowest BCUT2D eigenvalue weighted by molar-refractivity contribution is 0.136. The van der Waals surface area contributed by atoms with Crippen LogP contribution in [0.15, 0.2) is 33.8 Å². The summed E-state index contributed by atoms with van der Waals surface area (Å²) in [5.74, 6) is 1.80. The molecule has 5 rings (SSSR count). The molecule has 2 unspecified atom stereocenters. The van der Waals surface area contributed by atoms with E-state index in [-0.39, 0.29) is 6.61 Å². The second-order valence-corrected chi connectivity index (χ2v) is 9.30. The number of nitrogens with zero attached hydrogens (tertiary/aromatic N) is 5. The van der Waals surface area contributed by atoms with Gasteiger partial charge in [-0.2, -0.15) is 10.2 Å². The van der Waals surface area contributed by atoms with Crippen LogP contribution in [-0.2, 0) is 6.61 Å². The topological polar surface area (TPSA) is 123 Å². The van der Waals surface area contributed by atoms with Gasteiger partial charge in [0.25, 0.3) is 0 Å². The van der Waals surface area contributed by atoms with Crippen LogP contribution in [0.25, 0.3) is 10.9 Å². The number of hydrogen-bond acceptors (Lipinski definition) is 10. The summed E-state index contributed by atoms with van der Waals surface area (Å²) in [4.78, 5) is 16.3. The Morgan fingerprint density at radius 1 is 1.30 bits per heavy atom. The fraction of sp³-hybridized carbons (Fsp3) is 0.478. The average molecular weight is 466 g/mol. The van der Waals surface area contributed by atoms with Gasteiger partial charge in [0.1, 0.15) is 23.3 Å². The molecule has 9 nitrogen and oxygen atoms in total. The van der Waals surface area contributed by atoms with E-state index in [1.54, 1.807) is 6.20 Å². The summed E-state index contributed by atoms with van der Waals surface area (Å²) >= 11 is 1.42. The monoisotopic (exact) mass is 465 g/mol. The van der Waals surface area contributed by atoms with Gasteiger partial charge >= 0.3 is 6.01 Å². The van der Waals surface area contributed by atoms with Gasteiger partial charge in [-0.1, -0.05) is 0 Å². The molecule has 3 N–H and O–H groups in total. The molecule has 33 heavy (non-hydrogen) atoms. The Morgan fingerprint density at radius 2 is 2.12 bits per heavy atom. The maximum absolute atomic E-state index is 9.48. The van der Waals surface area contributed by atoms with Crippen molar-refractivity contribution in [2.45, 2.75) is 61.9 Å². The minimum atomic E-state index is -0.209. The lowest BCUT2D eigenvalue weighted by Crippen LogP contribution is -2.47. The number of hydrogen-bond donors (Lipinski definition) is 3. The zero-order valence-corrected chi connectivity index (χ0v) is 19.3. The molecule has 3 aromatic heterocycles. The number of anilines is 3. The summed E-state index contributed by atoms with van der Waals surface area (Å²) in [6.45, 7) is 0.660. The molecule has 2 atom stereocenters. The first-order valence-corrected chi connectivity index (χ1v) is 12.5. The van der Waals surface area contributed by atoms with Gasteiger partial charge < -0.3 is 14.8 Å². The third-order valence-corrected chi connectivity index (χ3v) is 7.25. The standard InChI is InChI=1S/C23H27N7O2S/c1-33-22-19(13-31)32-23(29-22)28-20-12-18-17(4-2-8-25-18)21(27-20)26-14-10-15-5-6-16(11-14)30(15)9-3-7-24/h2,4,8,12,14-16,31H,3,5-6,9-11,13H2,1H3,(H2,26,27,28,29). The lowest BCUT2D eigenvalue weighted by Gasteiger charge is -2.39. The molecule has 2 aliphatic heterocycles. The summed E-state index contributed by atoms with van der Waals surface area (Å²) in [6, 6.07) is 9.76. The second kappa shape index (κ2) is 9.55. The predicted octanol–water partition coefficient (Wildman–Crippen LogP) is 3.90. The Balaban J connectivity index is 1.38. The van der Waals surface area contributed by atoms with E-state index >= 15 is 0 Å². The van der Waals surface area contributed by atoms with Crippen LogP contribution in [0.4, 0.5) is 17.7 Å². The Morgan fingerprint density at radius 3 is 2.82 bits per heavy atom. The fourth-order valence-corrected chi connectivity index (χ4v) is 5.65. The number of nitrogens with one attached hydrogen (secondary N) is 2. The molecule has 172 valence electrons. The summed E-state index contributed by atoms with van der Waals surface area (Å²) < 4.78 is 5.64. The molecule has 0 spiro atoms. The highest BCUT2D eigenvalue weighted by Gasteiger charge is 2.40. The zero-order valence-electron chi connectivity index (χ0n) is 18.5. The molecular formula is C23H27N7O2S. The third-order valence-electron chi connectivity index (χ3n) is 6.54. The number of thioether (sulfide) groups is 1. The first-order chi connectivity index (χ1) is 16.2.